The monoisotopic (exact) mass is 305 g/mol. The largest absolute Gasteiger partial charge is 0.508 e. The van der Waals surface area contributed by atoms with Crippen molar-refractivity contribution >= 4 is 27.5 Å². The standard InChI is InChI=1S/C14H12BrNO2/c1-9-3-2-4-12(13(9)15)16-14(18)10-5-7-11(17)8-6-10/h2-8,17H,1H3,(H,16,18). The molecule has 3 nitrogen and oxygen atoms in total. The number of halogens is 1. The van der Waals surface area contributed by atoms with Gasteiger partial charge in [-0.05, 0) is 58.7 Å². The van der Waals surface area contributed by atoms with Gasteiger partial charge in [-0.2, -0.15) is 0 Å². The fraction of sp³-hybridized carbons (Fsp3) is 0.0714. The van der Waals surface area contributed by atoms with Crippen LogP contribution in [-0.2, 0) is 0 Å². The maximum absolute atomic E-state index is 12.0. The van der Waals surface area contributed by atoms with Crippen LogP contribution in [-0.4, -0.2) is 11.0 Å². The number of hydrogen-bond donors (Lipinski definition) is 2. The highest BCUT2D eigenvalue weighted by atomic mass is 79.9. The van der Waals surface area contributed by atoms with E-state index in [1.807, 2.05) is 25.1 Å². The summed E-state index contributed by atoms with van der Waals surface area (Å²) in [4.78, 5) is 12.0. The molecule has 2 N–H and O–H groups in total. The minimum absolute atomic E-state index is 0.142. The minimum Gasteiger partial charge on any atom is -0.508 e. The number of phenolic OH excluding ortho intramolecular Hbond substituents is 1. The first kappa shape index (κ1) is 12.6. The second-order valence-electron chi connectivity index (χ2n) is 3.94. The maximum Gasteiger partial charge on any atom is 0.255 e. The lowest BCUT2D eigenvalue weighted by molar-refractivity contribution is 0.102. The number of carbonyl (C=O) groups is 1. The Morgan fingerprint density at radius 1 is 1.17 bits per heavy atom. The van der Waals surface area contributed by atoms with Crippen LogP contribution in [0, 0.1) is 6.92 Å². The molecule has 4 heteroatoms. The first-order chi connectivity index (χ1) is 8.58. The first-order valence-corrected chi connectivity index (χ1v) is 6.23. The Morgan fingerprint density at radius 2 is 1.83 bits per heavy atom. The lowest BCUT2D eigenvalue weighted by atomic mass is 10.2. The van der Waals surface area contributed by atoms with Gasteiger partial charge >= 0.3 is 0 Å². The zero-order valence-corrected chi connectivity index (χ0v) is 11.4. The molecule has 0 spiro atoms. The fourth-order valence-electron chi connectivity index (χ4n) is 1.55. The SMILES string of the molecule is Cc1cccc(NC(=O)c2ccc(O)cc2)c1Br. The van der Waals surface area contributed by atoms with Crippen molar-refractivity contribution in [3.8, 4) is 5.75 Å². The van der Waals surface area contributed by atoms with Gasteiger partial charge in [0.05, 0.1) is 5.69 Å². The van der Waals surface area contributed by atoms with E-state index in [1.54, 1.807) is 12.1 Å². The van der Waals surface area contributed by atoms with Gasteiger partial charge in [-0.25, -0.2) is 0 Å². The molecule has 0 saturated carbocycles. The molecule has 92 valence electrons. The van der Waals surface area contributed by atoms with E-state index in [1.165, 1.54) is 12.1 Å². The number of amides is 1. The fourth-order valence-corrected chi connectivity index (χ4v) is 1.91. The summed E-state index contributed by atoms with van der Waals surface area (Å²) in [5.74, 6) is -0.0652. The molecule has 0 aliphatic heterocycles. The summed E-state index contributed by atoms with van der Waals surface area (Å²) in [6.45, 7) is 1.96. The molecule has 0 saturated heterocycles. The second kappa shape index (κ2) is 5.23. The van der Waals surface area contributed by atoms with E-state index in [9.17, 15) is 4.79 Å². The highest BCUT2D eigenvalue weighted by Crippen LogP contribution is 2.26. The number of carbonyl (C=O) groups excluding carboxylic acids is 1. The highest BCUT2D eigenvalue weighted by molar-refractivity contribution is 9.10. The number of aryl methyl sites for hydroxylation is 1. The van der Waals surface area contributed by atoms with Crippen LogP contribution in [0.5, 0.6) is 5.75 Å². The third-order valence-electron chi connectivity index (χ3n) is 2.57. The molecule has 0 aromatic heterocycles. The van der Waals surface area contributed by atoms with E-state index in [0.29, 0.717) is 5.56 Å². The second-order valence-corrected chi connectivity index (χ2v) is 4.73. The van der Waals surface area contributed by atoms with Crippen molar-refractivity contribution in [2.24, 2.45) is 0 Å². The number of anilines is 1. The van der Waals surface area contributed by atoms with Crippen LogP contribution < -0.4 is 5.32 Å². The molecule has 2 aromatic rings. The predicted molar refractivity (Wildman–Crippen MR) is 74.9 cm³/mol. The van der Waals surface area contributed by atoms with Gasteiger partial charge < -0.3 is 10.4 Å². The smallest absolute Gasteiger partial charge is 0.255 e. The van der Waals surface area contributed by atoms with Crippen LogP contribution in [0.1, 0.15) is 15.9 Å². The zero-order valence-electron chi connectivity index (χ0n) is 9.77. The highest BCUT2D eigenvalue weighted by Gasteiger charge is 2.08. The molecular weight excluding hydrogens is 294 g/mol. The van der Waals surface area contributed by atoms with E-state index >= 15 is 0 Å². The topological polar surface area (TPSA) is 49.3 Å². The summed E-state index contributed by atoms with van der Waals surface area (Å²) in [6.07, 6.45) is 0. The molecule has 0 fully saturated rings. The molecule has 2 rings (SSSR count). The summed E-state index contributed by atoms with van der Waals surface area (Å²) in [5.41, 5.74) is 2.28. The Hall–Kier alpha value is -1.81. The van der Waals surface area contributed by atoms with Gasteiger partial charge in [-0.1, -0.05) is 12.1 Å². The summed E-state index contributed by atoms with van der Waals surface area (Å²) in [6, 6.07) is 11.8. The molecular formula is C14H12BrNO2. The Morgan fingerprint density at radius 3 is 2.50 bits per heavy atom. The van der Waals surface area contributed by atoms with Crippen LogP contribution in [0.3, 0.4) is 0 Å². The zero-order chi connectivity index (χ0) is 13.1. The number of nitrogens with one attached hydrogen (secondary N) is 1. The molecule has 0 heterocycles. The Bertz CT molecular complexity index is 579. The lowest BCUT2D eigenvalue weighted by Gasteiger charge is -2.09. The molecule has 0 aliphatic rings. The van der Waals surface area contributed by atoms with Crippen molar-refractivity contribution in [3.63, 3.8) is 0 Å². The minimum atomic E-state index is -0.207. The summed E-state index contributed by atoms with van der Waals surface area (Å²) >= 11 is 3.44. The summed E-state index contributed by atoms with van der Waals surface area (Å²) in [5, 5.41) is 12.0. The van der Waals surface area contributed by atoms with Crippen molar-refractivity contribution in [2.45, 2.75) is 6.92 Å². The normalized spacial score (nSPS) is 10.1. The van der Waals surface area contributed by atoms with Gasteiger partial charge in [0.25, 0.3) is 5.91 Å². The van der Waals surface area contributed by atoms with Gasteiger partial charge in [0.15, 0.2) is 0 Å². The summed E-state index contributed by atoms with van der Waals surface area (Å²) < 4.78 is 0.872. The molecule has 0 radical (unpaired) electrons. The molecule has 18 heavy (non-hydrogen) atoms. The van der Waals surface area contributed by atoms with E-state index in [4.69, 9.17) is 5.11 Å². The van der Waals surface area contributed by atoms with Crippen molar-refractivity contribution in [1.29, 1.82) is 0 Å². The van der Waals surface area contributed by atoms with Crippen LogP contribution in [0.2, 0.25) is 0 Å². The number of aromatic hydroxyl groups is 1. The van der Waals surface area contributed by atoms with Gasteiger partial charge in [-0.3, -0.25) is 4.79 Å². The van der Waals surface area contributed by atoms with Gasteiger partial charge in [0.2, 0.25) is 0 Å². The average molecular weight is 306 g/mol. The van der Waals surface area contributed by atoms with E-state index in [2.05, 4.69) is 21.2 Å². The molecule has 2 aromatic carbocycles. The van der Waals surface area contributed by atoms with Crippen LogP contribution in [0.15, 0.2) is 46.9 Å². The van der Waals surface area contributed by atoms with Gasteiger partial charge in [0, 0.05) is 10.0 Å². The van der Waals surface area contributed by atoms with Crippen molar-refractivity contribution in [3.05, 3.63) is 58.1 Å². The van der Waals surface area contributed by atoms with E-state index in [0.717, 1.165) is 15.7 Å². The maximum atomic E-state index is 12.0. The third-order valence-corrected chi connectivity index (χ3v) is 3.62. The van der Waals surface area contributed by atoms with Crippen LogP contribution >= 0.6 is 15.9 Å². The molecule has 0 bridgehead atoms. The summed E-state index contributed by atoms with van der Waals surface area (Å²) in [7, 11) is 0. The van der Waals surface area contributed by atoms with E-state index in [-0.39, 0.29) is 11.7 Å². The van der Waals surface area contributed by atoms with Crippen LogP contribution in [0.4, 0.5) is 5.69 Å². The van der Waals surface area contributed by atoms with E-state index < -0.39 is 0 Å². The third kappa shape index (κ3) is 2.71. The average Bonchev–Trinajstić information content (AvgIpc) is 2.36. The molecule has 1 amide bonds. The molecule has 0 unspecified atom stereocenters. The number of benzene rings is 2. The van der Waals surface area contributed by atoms with Gasteiger partial charge in [-0.15, -0.1) is 0 Å². The number of phenols is 1. The first-order valence-electron chi connectivity index (χ1n) is 5.43. The number of rotatable bonds is 2. The van der Waals surface area contributed by atoms with Gasteiger partial charge in [0.1, 0.15) is 5.75 Å². The van der Waals surface area contributed by atoms with Crippen molar-refractivity contribution in [2.75, 3.05) is 5.32 Å². The van der Waals surface area contributed by atoms with Crippen molar-refractivity contribution < 1.29 is 9.90 Å². The molecule has 0 atom stereocenters. The predicted octanol–water partition coefficient (Wildman–Crippen LogP) is 3.72. The van der Waals surface area contributed by atoms with Crippen LogP contribution in [0.25, 0.3) is 0 Å². The lowest BCUT2D eigenvalue weighted by Crippen LogP contribution is -2.12. The molecule has 0 aliphatic carbocycles. The Labute approximate surface area is 114 Å². The Kier molecular flexibility index (Phi) is 3.67. The quantitative estimate of drug-likeness (QED) is 0.888. The number of hydrogen-bond acceptors (Lipinski definition) is 2. The Balaban J connectivity index is 2.21. The van der Waals surface area contributed by atoms with Crippen molar-refractivity contribution in [1.82, 2.24) is 0 Å².